The summed E-state index contributed by atoms with van der Waals surface area (Å²) >= 11 is 0. The van der Waals surface area contributed by atoms with Gasteiger partial charge in [-0.15, -0.1) is 0 Å². The zero-order valence-electron chi connectivity index (χ0n) is 12.4. The zero-order chi connectivity index (χ0) is 13.5. The maximum Gasteiger partial charge on any atom is 0.124 e. The van der Waals surface area contributed by atoms with Crippen molar-refractivity contribution in [3.8, 4) is 5.75 Å². The summed E-state index contributed by atoms with van der Waals surface area (Å²) in [6.45, 7) is 11.7. The van der Waals surface area contributed by atoms with E-state index in [-0.39, 0.29) is 0 Å². The van der Waals surface area contributed by atoms with Gasteiger partial charge in [0.25, 0.3) is 0 Å². The summed E-state index contributed by atoms with van der Waals surface area (Å²) in [5, 5.41) is 3.46. The van der Waals surface area contributed by atoms with Crippen molar-refractivity contribution in [2.24, 2.45) is 0 Å². The van der Waals surface area contributed by atoms with Crippen LogP contribution in [0.5, 0.6) is 5.75 Å². The Bertz CT molecular complexity index is 356. The lowest BCUT2D eigenvalue weighted by atomic mass is 10.1. The molecule has 1 aromatic rings. The fraction of sp³-hybridized carbons (Fsp3) is 0.625. The lowest BCUT2D eigenvalue weighted by Gasteiger charge is -2.19. The summed E-state index contributed by atoms with van der Waals surface area (Å²) in [7, 11) is 0. The molecule has 0 heterocycles. The van der Waals surface area contributed by atoms with Crippen molar-refractivity contribution in [2.75, 3.05) is 0 Å². The van der Waals surface area contributed by atoms with E-state index in [0.29, 0.717) is 12.1 Å². The third kappa shape index (κ3) is 4.69. The molecule has 1 aromatic carbocycles. The first-order valence-electron chi connectivity index (χ1n) is 7.06. The van der Waals surface area contributed by atoms with Gasteiger partial charge >= 0.3 is 0 Å². The van der Waals surface area contributed by atoms with E-state index in [1.807, 2.05) is 0 Å². The number of aryl methyl sites for hydroxylation is 1. The van der Waals surface area contributed by atoms with Crippen LogP contribution in [0.15, 0.2) is 18.2 Å². The minimum Gasteiger partial charge on any atom is -0.490 e. The molecule has 0 bridgehead atoms. The molecular formula is C16H27NO. The van der Waals surface area contributed by atoms with Gasteiger partial charge in [0.1, 0.15) is 5.75 Å². The van der Waals surface area contributed by atoms with Crippen molar-refractivity contribution < 1.29 is 4.74 Å². The maximum absolute atomic E-state index is 6.09. The molecule has 1 N–H and O–H groups in total. The summed E-state index contributed by atoms with van der Waals surface area (Å²) in [6.07, 6.45) is 2.44. The second-order valence-corrected chi connectivity index (χ2v) is 5.20. The Morgan fingerprint density at radius 3 is 2.39 bits per heavy atom. The summed E-state index contributed by atoms with van der Waals surface area (Å²) in [4.78, 5) is 0. The third-order valence-corrected chi connectivity index (χ3v) is 3.12. The molecule has 0 saturated carbocycles. The van der Waals surface area contributed by atoms with Gasteiger partial charge in [0.05, 0.1) is 6.10 Å². The van der Waals surface area contributed by atoms with Crippen LogP contribution in [-0.2, 0) is 6.54 Å². The molecule has 0 saturated heterocycles. The van der Waals surface area contributed by atoms with Gasteiger partial charge in [0.15, 0.2) is 0 Å². The second kappa shape index (κ2) is 7.42. The molecule has 0 spiro atoms. The first-order chi connectivity index (χ1) is 8.56. The van der Waals surface area contributed by atoms with Crippen molar-refractivity contribution in [2.45, 2.75) is 66.2 Å². The predicted molar refractivity (Wildman–Crippen MR) is 78.2 cm³/mol. The molecule has 0 aliphatic heterocycles. The average molecular weight is 249 g/mol. The van der Waals surface area contributed by atoms with E-state index in [2.05, 4.69) is 58.1 Å². The van der Waals surface area contributed by atoms with Crippen LogP contribution < -0.4 is 10.1 Å². The molecule has 0 aromatic heterocycles. The molecule has 0 aliphatic carbocycles. The smallest absolute Gasteiger partial charge is 0.124 e. The van der Waals surface area contributed by atoms with Crippen LogP contribution in [0.2, 0.25) is 0 Å². The molecule has 0 aliphatic rings. The highest BCUT2D eigenvalue weighted by Gasteiger charge is 2.10. The second-order valence-electron chi connectivity index (χ2n) is 5.20. The molecule has 0 atom stereocenters. The predicted octanol–water partition coefficient (Wildman–Crippen LogP) is 4.06. The van der Waals surface area contributed by atoms with Gasteiger partial charge in [0.2, 0.25) is 0 Å². The Balaban J connectivity index is 2.81. The molecule has 1 rings (SSSR count). The Kier molecular flexibility index (Phi) is 6.20. The van der Waals surface area contributed by atoms with E-state index < -0.39 is 0 Å². The topological polar surface area (TPSA) is 21.3 Å². The molecular weight excluding hydrogens is 222 g/mol. The molecule has 2 heteroatoms. The van der Waals surface area contributed by atoms with Crippen LogP contribution in [-0.4, -0.2) is 12.1 Å². The van der Waals surface area contributed by atoms with Gasteiger partial charge in [0, 0.05) is 18.2 Å². The number of ether oxygens (including phenoxy) is 1. The van der Waals surface area contributed by atoms with Crippen molar-refractivity contribution in [1.82, 2.24) is 5.32 Å². The number of nitrogens with one attached hydrogen (secondary N) is 1. The van der Waals surface area contributed by atoms with Crippen LogP contribution in [0.3, 0.4) is 0 Å². The highest BCUT2D eigenvalue weighted by Crippen LogP contribution is 2.22. The van der Waals surface area contributed by atoms with Crippen molar-refractivity contribution >= 4 is 0 Å². The Hall–Kier alpha value is -1.02. The number of hydrogen-bond acceptors (Lipinski definition) is 2. The van der Waals surface area contributed by atoms with Gasteiger partial charge in [-0.3, -0.25) is 0 Å². The first kappa shape index (κ1) is 15.0. The van der Waals surface area contributed by atoms with Crippen LogP contribution in [0.4, 0.5) is 0 Å². The SMILES string of the molecule is CCC(CC)Oc1ccc(C)cc1CNC(C)C. The fourth-order valence-electron chi connectivity index (χ4n) is 1.91. The van der Waals surface area contributed by atoms with Gasteiger partial charge < -0.3 is 10.1 Å². The van der Waals surface area contributed by atoms with E-state index in [9.17, 15) is 0 Å². The molecule has 2 nitrogen and oxygen atoms in total. The Morgan fingerprint density at radius 1 is 1.17 bits per heavy atom. The van der Waals surface area contributed by atoms with Crippen molar-refractivity contribution in [3.05, 3.63) is 29.3 Å². The molecule has 18 heavy (non-hydrogen) atoms. The Morgan fingerprint density at radius 2 is 1.83 bits per heavy atom. The normalized spacial score (nSPS) is 11.3. The standard InChI is InChI=1S/C16H27NO/c1-6-15(7-2)18-16-9-8-13(5)10-14(16)11-17-12(3)4/h8-10,12,15,17H,6-7,11H2,1-5H3. The van der Waals surface area contributed by atoms with Crippen molar-refractivity contribution in [3.63, 3.8) is 0 Å². The summed E-state index contributed by atoms with van der Waals surface area (Å²) in [5.41, 5.74) is 2.54. The van der Waals surface area contributed by atoms with E-state index in [0.717, 1.165) is 25.1 Å². The largest absolute Gasteiger partial charge is 0.490 e. The molecule has 102 valence electrons. The molecule has 0 radical (unpaired) electrons. The lowest BCUT2D eigenvalue weighted by Crippen LogP contribution is -2.23. The summed E-state index contributed by atoms with van der Waals surface area (Å²) in [5.74, 6) is 1.03. The average Bonchev–Trinajstić information content (AvgIpc) is 2.35. The number of rotatable bonds is 7. The quantitative estimate of drug-likeness (QED) is 0.787. The van der Waals surface area contributed by atoms with E-state index in [4.69, 9.17) is 4.74 Å². The highest BCUT2D eigenvalue weighted by atomic mass is 16.5. The van der Waals surface area contributed by atoms with Crippen molar-refractivity contribution in [1.29, 1.82) is 0 Å². The van der Waals surface area contributed by atoms with Gasteiger partial charge in [-0.1, -0.05) is 45.4 Å². The van der Waals surface area contributed by atoms with E-state index in [1.54, 1.807) is 0 Å². The van der Waals surface area contributed by atoms with Crippen LogP contribution in [0.1, 0.15) is 51.7 Å². The lowest BCUT2D eigenvalue weighted by molar-refractivity contribution is 0.190. The maximum atomic E-state index is 6.09. The van der Waals surface area contributed by atoms with E-state index >= 15 is 0 Å². The van der Waals surface area contributed by atoms with Crippen LogP contribution >= 0.6 is 0 Å². The van der Waals surface area contributed by atoms with Gasteiger partial charge in [-0.2, -0.15) is 0 Å². The molecule has 0 amide bonds. The zero-order valence-corrected chi connectivity index (χ0v) is 12.4. The summed E-state index contributed by atoms with van der Waals surface area (Å²) < 4.78 is 6.09. The summed E-state index contributed by atoms with van der Waals surface area (Å²) in [6, 6.07) is 6.93. The fourth-order valence-corrected chi connectivity index (χ4v) is 1.91. The van der Waals surface area contributed by atoms with Gasteiger partial charge in [-0.05, 0) is 25.8 Å². The molecule has 0 fully saturated rings. The van der Waals surface area contributed by atoms with E-state index in [1.165, 1.54) is 11.1 Å². The number of benzene rings is 1. The minimum atomic E-state index is 0.325. The Labute approximate surface area is 112 Å². The minimum absolute atomic E-state index is 0.325. The monoisotopic (exact) mass is 249 g/mol. The highest BCUT2D eigenvalue weighted by molar-refractivity contribution is 5.37. The van der Waals surface area contributed by atoms with Gasteiger partial charge in [-0.25, -0.2) is 0 Å². The molecule has 0 unspecified atom stereocenters. The van der Waals surface area contributed by atoms with Crippen LogP contribution in [0.25, 0.3) is 0 Å². The number of hydrogen-bond donors (Lipinski definition) is 1. The third-order valence-electron chi connectivity index (χ3n) is 3.12. The van der Waals surface area contributed by atoms with Crippen LogP contribution in [0, 0.1) is 6.92 Å². The first-order valence-corrected chi connectivity index (χ1v) is 7.06.